The fourth-order valence-corrected chi connectivity index (χ4v) is 3.49. The highest BCUT2D eigenvalue weighted by molar-refractivity contribution is 7.89. The molecule has 2 N–H and O–H groups in total. The molecule has 1 amide bonds. The van der Waals surface area contributed by atoms with E-state index in [2.05, 4.69) is 4.74 Å². The second-order valence-corrected chi connectivity index (χ2v) is 7.26. The van der Waals surface area contributed by atoms with Crippen LogP contribution in [-0.2, 0) is 10.0 Å². The Morgan fingerprint density at radius 1 is 1.31 bits per heavy atom. The van der Waals surface area contributed by atoms with Crippen molar-refractivity contribution >= 4 is 16.1 Å². The summed E-state index contributed by atoms with van der Waals surface area (Å²) >= 11 is 0. The number of nitrogens with zero attached hydrogens (tertiary/aromatic N) is 1. The van der Waals surface area contributed by atoms with Crippen molar-refractivity contribution in [2.24, 2.45) is 0 Å². The monoisotopic (exact) mass is 404 g/mol. The smallest absolute Gasteiger partial charge is 0.465 e. The topological polar surface area (TPSA) is 95.9 Å². The zero-order valence-electron chi connectivity index (χ0n) is 12.8. The number of rotatable bonds is 5. The number of sulfonamides is 1. The molecule has 1 fully saturated rings. The highest BCUT2D eigenvalue weighted by atomic mass is 32.2. The first-order valence-electron chi connectivity index (χ1n) is 7.02. The predicted octanol–water partition coefficient (Wildman–Crippen LogP) is 2.25. The summed E-state index contributed by atoms with van der Waals surface area (Å²) in [6.07, 6.45) is -7.40. The molecule has 0 unspecified atom stereocenters. The first kappa shape index (κ1) is 20.2. The van der Waals surface area contributed by atoms with Crippen molar-refractivity contribution < 1.29 is 45.0 Å². The molecule has 26 heavy (non-hydrogen) atoms. The SMILES string of the molecule is O=C(O)N1CC(F)(F)C[C@H]1CNS(=O)(=O)c1ccc(OC(F)(F)F)cc1. The molecular formula is C13H13F5N2O5S. The number of likely N-dealkylation sites (tertiary alicyclic amines) is 1. The van der Waals surface area contributed by atoms with E-state index in [0.717, 1.165) is 24.3 Å². The maximum atomic E-state index is 13.3. The molecule has 0 spiro atoms. The first-order chi connectivity index (χ1) is 11.8. The van der Waals surface area contributed by atoms with Crippen molar-refractivity contribution in [3.05, 3.63) is 24.3 Å². The van der Waals surface area contributed by atoms with Gasteiger partial charge in [0.1, 0.15) is 5.75 Å². The fourth-order valence-electron chi connectivity index (χ4n) is 2.41. The van der Waals surface area contributed by atoms with Crippen molar-refractivity contribution in [3.8, 4) is 5.75 Å². The van der Waals surface area contributed by atoms with E-state index in [1.807, 2.05) is 4.72 Å². The number of benzene rings is 1. The minimum absolute atomic E-state index is 0.432. The van der Waals surface area contributed by atoms with E-state index >= 15 is 0 Å². The highest BCUT2D eigenvalue weighted by Crippen LogP contribution is 2.32. The van der Waals surface area contributed by atoms with Crippen LogP contribution in [0.4, 0.5) is 26.7 Å². The van der Waals surface area contributed by atoms with E-state index in [-0.39, 0.29) is 0 Å². The average molecular weight is 404 g/mol. The molecule has 1 atom stereocenters. The number of amides is 1. The molecule has 1 aromatic carbocycles. The second-order valence-electron chi connectivity index (χ2n) is 5.50. The molecule has 7 nitrogen and oxygen atoms in total. The van der Waals surface area contributed by atoms with Crippen molar-refractivity contribution in [3.63, 3.8) is 0 Å². The number of alkyl halides is 5. The predicted molar refractivity (Wildman–Crippen MR) is 76.4 cm³/mol. The number of carboxylic acid groups (broad SMARTS) is 1. The highest BCUT2D eigenvalue weighted by Gasteiger charge is 2.47. The largest absolute Gasteiger partial charge is 0.573 e. The molecule has 0 aliphatic carbocycles. The zero-order chi connectivity index (χ0) is 19.8. The first-order valence-corrected chi connectivity index (χ1v) is 8.50. The normalized spacial score (nSPS) is 20.2. The Morgan fingerprint density at radius 2 is 1.88 bits per heavy atom. The lowest BCUT2D eigenvalue weighted by Crippen LogP contribution is -2.42. The molecule has 146 valence electrons. The van der Waals surface area contributed by atoms with Gasteiger partial charge in [0.15, 0.2) is 0 Å². The van der Waals surface area contributed by atoms with Crippen LogP contribution in [0.3, 0.4) is 0 Å². The summed E-state index contributed by atoms with van der Waals surface area (Å²) in [5.41, 5.74) is 0. The summed E-state index contributed by atoms with van der Waals surface area (Å²) in [4.78, 5) is 11.0. The summed E-state index contributed by atoms with van der Waals surface area (Å²) in [6.45, 7) is -1.65. The lowest BCUT2D eigenvalue weighted by Gasteiger charge is -2.20. The summed E-state index contributed by atoms with van der Waals surface area (Å²) < 4.78 is 92.7. The van der Waals surface area contributed by atoms with Gasteiger partial charge >= 0.3 is 12.5 Å². The van der Waals surface area contributed by atoms with E-state index in [4.69, 9.17) is 5.11 Å². The van der Waals surface area contributed by atoms with Crippen molar-refractivity contribution in [1.82, 2.24) is 9.62 Å². The van der Waals surface area contributed by atoms with Crippen LogP contribution in [0.2, 0.25) is 0 Å². The molecule has 1 heterocycles. The third-order valence-electron chi connectivity index (χ3n) is 3.50. The molecule has 1 aromatic rings. The van der Waals surface area contributed by atoms with E-state index in [9.17, 15) is 35.2 Å². The summed E-state index contributed by atoms with van der Waals surface area (Å²) in [7, 11) is -4.25. The molecule has 0 bridgehead atoms. The second kappa shape index (κ2) is 6.87. The molecule has 1 saturated heterocycles. The maximum absolute atomic E-state index is 13.3. The van der Waals surface area contributed by atoms with Gasteiger partial charge in [-0.3, -0.25) is 4.90 Å². The Hall–Kier alpha value is -2.15. The number of carbonyl (C=O) groups is 1. The Labute approximate surface area is 144 Å². The summed E-state index contributed by atoms with van der Waals surface area (Å²) in [5, 5.41) is 8.90. The van der Waals surface area contributed by atoms with Gasteiger partial charge in [0.2, 0.25) is 10.0 Å². The number of ether oxygens (including phenoxy) is 1. The molecule has 0 radical (unpaired) electrons. The number of hydrogen-bond donors (Lipinski definition) is 2. The minimum Gasteiger partial charge on any atom is -0.465 e. The van der Waals surface area contributed by atoms with Crippen LogP contribution in [0, 0.1) is 0 Å². The van der Waals surface area contributed by atoms with Gasteiger partial charge in [0.05, 0.1) is 17.5 Å². The van der Waals surface area contributed by atoms with E-state index in [1.165, 1.54) is 0 Å². The lowest BCUT2D eigenvalue weighted by atomic mass is 10.2. The number of nitrogens with one attached hydrogen (secondary N) is 1. The summed E-state index contributed by atoms with van der Waals surface area (Å²) in [5.74, 6) is -3.91. The van der Waals surface area contributed by atoms with Gasteiger partial charge in [-0.25, -0.2) is 26.7 Å². The standard InChI is InChI=1S/C13H13F5N2O5S/c14-12(15)5-8(20(7-12)11(21)22)6-19-26(23,24)10-3-1-9(2-4-10)25-13(16,17)18/h1-4,8,19H,5-7H2,(H,21,22)/t8-/m0/s1. The average Bonchev–Trinajstić information content (AvgIpc) is 2.80. The Balaban J connectivity index is 2.05. The van der Waals surface area contributed by atoms with Crippen LogP contribution in [-0.4, -0.2) is 55.9 Å². The van der Waals surface area contributed by atoms with Gasteiger partial charge in [-0.2, -0.15) is 0 Å². The molecular weight excluding hydrogens is 391 g/mol. The van der Waals surface area contributed by atoms with Crippen LogP contribution in [0.15, 0.2) is 29.2 Å². The van der Waals surface area contributed by atoms with Gasteiger partial charge in [-0.1, -0.05) is 0 Å². The Kier molecular flexibility index (Phi) is 5.33. The third kappa shape index (κ3) is 5.17. The quantitative estimate of drug-likeness (QED) is 0.734. The van der Waals surface area contributed by atoms with E-state index in [1.54, 1.807) is 0 Å². The van der Waals surface area contributed by atoms with Gasteiger partial charge in [-0.05, 0) is 24.3 Å². The van der Waals surface area contributed by atoms with Crippen molar-refractivity contribution in [2.45, 2.75) is 29.6 Å². The maximum Gasteiger partial charge on any atom is 0.573 e. The molecule has 1 aliphatic rings. The van der Waals surface area contributed by atoms with Crippen LogP contribution >= 0.6 is 0 Å². The molecule has 2 rings (SSSR count). The summed E-state index contributed by atoms with van der Waals surface area (Å²) in [6, 6.07) is 1.94. The number of halogens is 5. The van der Waals surface area contributed by atoms with Crippen LogP contribution in [0.25, 0.3) is 0 Å². The van der Waals surface area contributed by atoms with E-state index < -0.39 is 64.6 Å². The van der Waals surface area contributed by atoms with Crippen LogP contribution < -0.4 is 9.46 Å². The molecule has 1 aliphatic heterocycles. The molecule has 13 heteroatoms. The van der Waals surface area contributed by atoms with Gasteiger partial charge in [0, 0.05) is 13.0 Å². The minimum atomic E-state index is -4.94. The van der Waals surface area contributed by atoms with Gasteiger partial charge in [0.25, 0.3) is 5.92 Å². The number of hydrogen-bond acceptors (Lipinski definition) is 4. The van der Waals surface area contributed by atoms with Crippen LogP contribution in [0.5, 0.6) is 5.75 Å². The third-order valence-corrected chi connectivity index (χ3v) is 4.94. The Morgan fingerprint density at radius 3 is 2.38 bits per heavy atom. The molecule has 0 aromatic heterocycles. The fraction of sp³-hybridized carbons (Fsp3) is 0.462. The van der Waals surface area contributed by atoms with Crippen LogP contribution in [0.1, 0.15) is 6.42 Å². The van der Waals surface area contributed by atoms with E-state index in [0.29, 0.717) is 4.90 Å². The van der Waals surface area contributed by atoms with Gasteiger partial charge in [-0.15, -0.1) is 13.2 Å². The van der Waals surface area contributed by atoms with Crippen molar-refractivity contribution in [2.75, 3.05) is 13.1 Å². The van der Waals surface area contributed by atoms with Gasteiger partial charge < -0.3 is 9.84 Å². The lowest BCUT2D eigenvalue weighted by molar-refractivity contribution is -0.274. The molecule has 0 saturated carbocycles. The Bertz CT molecular complexity index is 766. The van der Waals surface area contributed by atoms with Crippen molar-refractivity contribution in [1.29, 1.82) is 0 Å². The zero-order valence-corrected chi connectivity index (χ0v) is 13.7.